The molecule has 31 heavy (non-hydrogen) atoms. The van der Waals surface area contributed by atoms with E-state index >= 15 is 0 Å². The number of likely N-dealkylation sites (tertiary alicyclic amines) is 1. The van der Waals surface area contributed by atoms with Crippen molar-refractivity contribution in [3.05, 3.63) is 78.4 Å². The van der Waals surface area contributed by atoms with Gasteiger partial charge >= 0.3 is 0 Å². The normalized spacial score (nSPS) is 16.0. The zero-order chi connectivity index (χ0) is 21.6. The van der Waals surface area contributed by atoms with Crippen molar-refractivity contribution in [1.29, 1.82) is 0 Å². The van der Waals surface area contributed by atoms with Crippen molar-refractivity contribution in [2.24, 2.45) is 5.92 Å². The third kappa shape index (κ3) is 4.77. The molecule has 0 aliphatic carbocycles. The fraction of sp³-hybridized carbons (Fsp3) is 0.292. The van der Waals surface area contributed by atoms with Crippen molar-refractivity contribution in [2.75, 3.05) is 20.2 Å². The van der Waals surface area contributed by atoms with Crippen LogP contribution in [0.4, 0.5) is 0 Å². The third-order valence-corrected chi connectivity index (χ3v) is 5.60. The molecule has 1 N–H and O–H groups in total. The summed E-state index contributed by atoms with van der Waals surface area (Å²) in [4.78, 5) is 31.9. The third-order valence-electron chi connectivity index (χ3n) is 5.60. The number of hydrogen-bond donors (Lipinski definition) is 1. The Hall–Kier alpha value is -3.61. The number of carbonyl (C=O) groups excluding carboxylic acids is 2. The Labute approximate surface area is 181 Å². The largest absolute Gasteiger partial charge is 0.497 e. The minimum atomic E-state index is -0.210. The number of nitrogens with one attached hydrogen (secondary N) is 1. The van der Waals surface area contributed by atoms with E-state index in [-0.39, 0.29) is 17.7 Å². The maximum atomic E-state index is 13.2. The van der Waals surface area contributed by atoms with Gasteiger partial charge in [0.05, 0.1) is 24.9 Å². The molecule has 1 unspecified atom stereocenters. The van der Waals surface area contributed by atoms with Gasteiger partial charge in [0, 0.05) is 32.0 Å². The molecular formula is C24H26N4O3. The van der Waals surface area contributed by atoms with Gasteiger partial charge in [0.15, 0.2) is 0 Å². The summed E-state index contributed by atoms with van der Waals surface area (Å²) in [7, 11) is 1.63. The molecule has 2 aromatic heterocycles. The molecule has 0 saturated carbocycles. The van der Waals surface area contributed by atoms with E-state index in [2.05, 4.69) is 10.3 Å². The molecule has 1 aromatic carbocycles. The minimum absolute atomic E-state index is 0.0176. The van der Waals surface area contributed by atoms with Crippen LogP contribution in [0.5, 0.6) is 5.75 Å². The summed E-state index contributed by atoms with van der Waals surface area (Å²) >= 11 is 0. The summed E-state index contributed by atoms with van der Waals surface area (Å²) in [5, 5.41) is 3.01. The highest BCUT2D eigenvalue weighted by Gasteiger charge is 2.30. The van der Waals surface area contributed by atoms with Gasteiger partial charge in [0.1, 0.15) is 11.4 Å². The first kappa shape index (κ1) is 20.7. The van der Waals surface area contributed by atoms with E-state index in [0.29, 0.717) is 25.3 Å². The number of nitrogens with zero attached hydrogens (tertiary/aromatic N) is 3. The summed E-state index contributed by atoms with van der Waals surface area (Å²) < 4.78 is 7.00. The Morgan fingerprint density at radius 1 is 1.16 bits per heavy atom. The zero-order valence-electron chi connectivity index (χ0n) is 17.5. The minimum Gasteiger partial charge on any atom is -0.497 e. The number of carbonyl (C=O) groups is 2. The number of rotatable bonds is 6. The van der Waals surface area contributed by atoms with Crippen molar-refractivity contribution < 1.29 is 14.3 Å². The molecule has 1 aliphatic rings. The van der Waals surface area contributed by atoms with Crippen LogP contribution >= 0.6 is 0 Å². The molecule has 160 valence electrons. The van der Waals surface area contributed by atoms with E-state index in [4.69, 9.17) is 4.74 Å². The van der Waals surface area contributed by atoms with Crippen LogP contribution in [0.25, 0.3) is 5.69 Å². The number of pyridine rings is 1. The van der Waals surface area contributed by atoms with Gasteiger partial charge in [-0.05, 0) is 54.8 Å². The van der Waals surface area contributed by atoms with Gasteiger partial charge in [-0.25, -0.2) is 0 Å². The van der Waals surface area contributed by atoms with Gasteiger partial charge in [0.25, 0.3) is 5.91 Å². The lowest BCUT2D eigenvalue weighted by Gasteiger charge is -2.32. The maximum Gasteiger partial charge on any atom is 0.270 e. The number of methoxy groups -OCH3 is 1. The second kappa shape index (κ2) is 9.47. The van der Waals surface area contributed by atoms with E-state index in [1.807, 2.05) is 59.3 Å². The Kier molecular flexibility index (Phi) is 6.31. The molecule has 1 fully saturated rings. The summed E-state index contributed by atoms with van der Waals surface area (Å²) in [6.07, 6.45) is 6.87. The molecule has 1 atom stereocenters. The standard InChI is InChI=1S/C24H26N4O3/c1-31-21-10-8-18(9-11-21)15-26-23(29)19-5-3-13-27(17-19)24(30)22-7-4-14-28(22)20-6-2-12-25-16-20/h2,4,6-12,14,16,19H,3,5,13,15,17H2,1H3,(H,26,29). The number of hydrogen-bond acceptors (Lipinski definition) is 4. The second-order valence-corrected chi connectivity index (χ2v) is 7.63. The Morgan fingerprint density at radius 2 is 2.00 bits per heavy atom. The van der Waals surface area contributed by atoms with Crippen molar-refractivity contribution in [3.8, 4) is 11.4 Å². The fourth-order valence-electron chi connectivity index (χ4n) is 3.89. The summed E-state index contributed by atoms with van der Waals surface area (Å²) in [5.41, 5.74) is 2.42. The van der Waals surface area contributed by atoms with Crippen molar-refractivity contribution in [2.45, 2.75) is 19.4 Å². The van der Waals surface area contributed by atoms with Crippen molar-refractivity contribution in [3.63, 3.8) is 0 Å². The van der Waals surface area contributed by atoms with Crippen LogP contribution < -0.4 is 10.1 Å². The molecule has 2 amide bonds. The predicted octanol–water partition coefficient (Wildman–Crippen LogP) is 3.05. The maximum absolute atomic E-state index is 13.2. The van der Waals surface area contributed by atoms with Gasteiger partial charge in [-0.3, -0.25) is 14.6 Å². The molecule has 0 bridgehead atoms. The van der Waals surface area contributed by atoms with Gasteiger partial charge < -0.3 is 19.5 Å². The lowest BCUT2D eigenvalue weighted by molar-refractivity contribution is -0.126. The average molecular weight is 418 g/mol. The highest BCUT2D eigenvalue weighted by molar-refractivity contribution is 5.94. The lowest BCUT2D eigenvalue weighted by Crippen LogP contribution is -2.45. The van der Waals surface area contributed by atoms with E-state index in [1.54, 1.807) is 24.4 Å². The van der Waals surface area contributed by atoms with E-state index in [1.165, 1.54) is 0 Å². The predicted molar refractivity (Wildman–Crippen MR) is 117 cm³/mol. The molecular weight excluding hydrogens is 392 g/mol. The van der Waals surface area contributed by atoms with Crippen LogP contribution in [0, 0.1) is 5.92 Å². The van der Waals surface area contributed by atoms with Crippen LogP contribution in [0.3, 0.4) is 0 Å². The van der Waals surface area contributed by atoms with Crippen molar-refractivity contribution in [1.82, 2.24) is 19.8 Å². The monoisotopic (exact) mass is 418 g/mol. The highest BCUT2D eigenvalue weighted by Crippen LogP contribution is 2.21. The number of aromatic nitrogens is 2. The van der Waals surface area contributed by atoms with Gasteiger partial charge in [-0.1, -0.05) is 12.1 Å². The first-order valence-electron chi connectivity index (χ1n) is 10.4. The first-order chi connectivity index (χ1) is 15.2. The Bertz CT molecular complexity index is 1030. The summed E-state index contributed by atoms with van der Waals surface area (Å²) in [6.45, 7) is 1.53. The molecule has 1 aliphatic heterocycles. The Morgan fingerprint density at radius 3 is 2.74 bits per heavy atom. The van der Waals surface area contributed by atoms with E-state index < -0.39 is 0 Å². The lowest BCUT2D eigenvalue weighted by atomic mass is 9.96. The summed E-state index contributed by atoms with van der Waals surface area (Å²) in [6, 6.07) is 15.0. The molecule has 0 spiro atoms. The molecule has 1 saturated heterocycles. The second-order valence-electron chi connectivity index (χ2n) is 7.63. The molecule has 4 rings (SSSR count). The number of benzene rings is 1. The molecule has 7 nitrogen and oxygen atoms in total. The zero-order valence-corrected chi connectivity index (χ0v) is 17.5. The van der Waals surface area contributed by atoms with Gasteiger partial charge in [-0.2, -0.15) is 0 Å². The SMILES string of the molecule is COc1ccc(CNC(=O)C2CCCN(C(=O)c3cccn3-c3cccnc3)C2)cc1. The number of ether oxygens (including phenoxy) is 1. The molecule has 7 heteroatoms. The van der Waals surface area contributed by atoms with E-state index in [0.717, 1.165) is 29.8 Å². The van der Waals surface area contributed by atoms with Crippen molar-refractivity contribution >= 4 is 11.8 Å². The van der Waals surface area contributed by atoms with Crippen LogP contribution in [-0.2, 0) is 11.3 Å². The van der Waals surface area contributed by atoms with Gasteiger partial charge in [0.2, 0.25) is 5.91 Å². The number of piperidine rings is 1. The summed E-state index contributed by atoms with van der Waals surface area (Å²) in [5.74, 6) is 0.489. The molecule has 0 radical (unpaired) electrons. The first-order valence-corrected chi connectivity index (χ1v) is 10.4. The topological polar surface area (TPSA) is 76.5 Å². The highest BCUT2D eigenvalue weighted by atomic mass is 16.5. The van der Waals surface area contributed by atoms with Crippen LogP contribution in [0.15, 0.2) is 67.1 Å². The quantitative estimate of drug-likeness (QED) is 0.668. The number of amides is 2. The van der Waals surface area contributed by atoms with Gasteiger partial charge in [-0.15, -0.1) is 0 Å². The smallest absolute Gasteiger partial charge is 0.270 e. The van der Waals surface area contributed by atoms with E-state index in [9.17, 15) is 9.59 Å². The van der Waals surface area contributed by atoms with Crippen LogP contribution in [-0.4, -0.2) is 46.5 Å². The molecule has 3 aromatic rings. The fourth-order valence-corrected chi connectivity index (χ4v) is 3.89. The average Bonchev–Trinajstić information content (AvgIpc) is 3.33. The van der Waals surface area contributed by atoms with Crippen LogP contribution in [0.2, 0.25) is 0 Å². The van der Waals surface area contributed by atoms with Crippen LogP contribution in [0.1, 0.15) is 28.9 Å². The molecule has 3 heterocycles. The Balaban J connectivity index is 1.38.